The third-order valence-corrected chi connectivity index (χ3v) is 4.38. The van der Waals surface area contributed by atoms with Gasteiger partial charge in [0.25, 0.3) is 0 Å². The van der Waals surface area contributed by atoms with Gasteiger partial charge in [-0.1, -0.05) is 59.6 Å². The van der Waals surface area contributed by atoms with E-state index in [0.717, 1.165) is 6.42 Å². The van der Waals surface area contributed by atoms with E-state index in [-0.39, 0.29) is 11.8 Å². The molecule has 0 saturated heterocycles. The molecule has 3 rings (SSSR count). The molecule has 0 bridgehead atoms. The van der Waals surface area contributed by atoms with Gasteiger partial charge in [0.05, 0.1) is 16.3 Å². The van der Waals surface area contributed by atoms with Crippen molar-refractivity contribution in [2.45, 2.75) is 12.3 Å². The molecule has 0 aromatic heterocycles. The van der Waals surface area contributed by atoms with Crippen LogP contribution in [-0.2, 0) is 4.79 Å². The Kier molecular flexibility index (Phi) is 4.46. The second-order valence-corrected chi connectivity index (χ2v) is 6.04. The quantitative estimate of drug-likeness (QED) is 0.660. The molecule has 2 aromatic rings. The predicted octanol–water partition coefficient (Wildman–Crippen LogP) is 4.25. The number of nitrogens with zero attached hydrogens (tertiary/aromatic N) is 1. The molecule has 5 heteroatoms. The van der Waals surface area contributed by atoms with Crippen molar-refractivity contribution in [2.24, 2.45) is 11.0 Å². The minimum absolute atomic E-state index is 0.0127. The lowest BCUT2D eigenvalue weighted by Gasteiger charge is -2.02. The fourth-order valence-corrected chi connectivity index (χ4v) is 2.93. The number of carbonyl (C=O) groups is 1. The predicted molar refractivity (Wildman–Crippen MR) is 89.5 cm³/mol. The first kappa shape index (κ1) is 15.1. The van der Waals surface area contributed by atoms with Crippen molar-refractivity contribution in [3.63, 3.8) is 0 Å². The average molecular weight is 333 g/mol. The molecule has 1 amide bonds. The second kappa shape index (κ2) is 6.51. The molecular weight excluding hydrogens is 319 g/mol. The molecule has 2 aromatic carbocycles. The van der Waals surface area contributed by atoms with E-state index in [1.54, 1.807) is 18.2 Å². The van der Waals surface area contributed by atoms with E-state index >= 15 is 0 Å². The molecule has 1 saturated carbocycles. The summed E-state index contributed by atoms with van der Waals surface area (Å²) in [5.41, 5.74) is 4.35. The number of carbonyl (C=O) groups excluding carboxylic acids is 1. The molecule has 0 heterocycles. The topological polar surface area (TPSA) is 41.5 Å². The van der Waals surface area contributed by atoms with Crippen LogP contribution in [0.2, 0.25) is 10.0 Å². The van der Waals surface area contributed by atoms with Crippen molar-refractivity contribution in [1.29, 1.82) is 0 Å². The van der Waals surface area contributed by atoms with Crippen molar-refractivity contribution < 1.29 is 4.79 Å². The molecule has 0 radical (unpaired) electrons. The van der Waals surface area contributed by atoms with Gasteiger partial charge < -0.3 is 0 Å². The number of rotatable bonds is 4. The van der Waals surface area contributed by atoms with Crippen LogP contribution in [-0.4, -0.2) is 12.1 Å². The fourth-order valence-electron chi connectivity index (χ4n) is 2.43. The SMILES string of the molecule is O=C(N/N=C\c1c(Cl)cccc1Cl)[C@@H]1C[C@H]1c1ccccc1. The highest BCUT2D eigenvalue weighted by Crippen LogP contribution is 2.47. The monoisotopic (exact) mass is 332 g/mol. The van der Waals surface area contributed by atoms with Crippen LogP contribution in [0.3, 0.4) is 0 Å². The highest BCUT2D eigenvalue weighted by Gasteiger charge is 2.43. The molecule has 3 nitrogen and oxygen atoms in total. The average Bonchev–Trinajstić information content (AvgIpc) is 3.32. The molecule has 112 valence electrons. The van der Waals surface area contributed by atoms with Gasteiger partial charge in [0.2, 0.25) is 5.91 Å². The summed E-state index contributed by atoms with van der Waals surface area (Å²) < 4.78 is 0. The minimum Gasteiger partial charge on any atom is -0.273 e. The van der Waals surface area contributed by atoms with Crippen molar-refractivity contribution in [3.8, 4) is 0 Å². The van der Waals surface area contributed by atoms with Gasteiger partial charge in [0.15, 0.2) is 0 Å². The molecule has 1 aliphatic carbocycles. The van der Waals surface area contributed by atoms with Crippen LogP contribution >= 0.6 is 23.2 Å². The summed E-state index contributed by atoms with van der Waals surface area (Å²) >= 11 is 12.1. The first-order valence-electron chi connectivity index (χ1n) is 6.98. The van der Waals surface area contributed by atoms with E-state index in [9.17, 15) is 4.79 Å². The van der Waals surface area contributed by atoms with Crippen molar-refractivity contribution in [3.05, 3.63) is 69.7 Å². The zero-order valence-corrected chi connectivity index (χ0v) is 13.2. The summed E-state index contributed by atoms with van der Waals surface area (Å²) in [5.74, 6) is 0.204. The fraction of sp³-hybridized carbons (Fsp3) is 0.176. The number of halogens is 2. The van der Waals surface area contributed by atoms with Crippen LogP contribution in [0.4, 0.5) is 0 Å². The van der Waals surface area contributed by atoms with Crippen LogP contribution < -0.4 is 5.43 Å². The van der Waals surface area contributed by atoms with E-state index in [1.807, 2.05) is 30.3 Å². The van der Waals surface area contributed by atoms with Crippen LogP contribution in [0.5, 0.6) is 0 Å². The summed E-state index contributed by atoms with van der Waals surface area (Å²) in [7, 11) is 0. The summed E-state index contributed by atoms with van der Waals surface area (Å²) in [6, 6.07) is 15.2. The van der Waals surface area contributed by atoms with Gasteiger partial charge in [-0.2, -0.15) is 5.10 Å². The Hall–Kier alpha value is -1.84. The van der Waals surface area contributed by atoms with Crippen molar-refractivity contribution in [1.82, 2.24) is 5.43 Å². The number of hydrogen-bond donors (Lipinski definition) is 1. The van der Waals surface area contributed by atoms with Gasteiger partial charge in [-0.3, -0.25) is 4.79 Å². The van der Waals surface area contributed by atoms with Gasteiger partial charge >= 0.3 is 0 Å². The number of hydrazone groups is 1. The molecule has 0 spiro atoms. The molecule has 1 aliphatic rings. The van der Waals surface area contributed by atoms with E-state index in [4.69, 9.17) is 23.2 Å². The molecule has 0 unspecified atom stereocenters. The molecule has 1 N–H and O–H groups in total. The van der Waals surface area contributed by atoms with Crippen LogP contribution in [0.15, 0.2) is 53.6 Å². The number of hydrogen-bond acceptors (Lipinski definition) is 2. The van der Waals surface area contributed by atoms with Crippen LogP contribution in [0.25, 0.3) is 0 Å². The zero-order chi connectivity index (χ0) is 15.5. The van der Waals surface area contributed by atoms with Gasteiger partial charge in [-0.25, -0.2) is 5.43 Å². The maximum absolute atomic E-state index is 12.1. The number of benzene rings is 2. The van der Waals surface area contributed by atoms with E-state index in [2.05, 4.69) is 10.5 Å². The Labute approximate surface area is 138 Å². The Morgan fingerprint density at radius 2 is 1.77 bits per heavy atom. The smallest absolute Gasteiger partial charge is 0.243 e. The molecule has 0 aliphatic heterocycles. The number of nitrogens with one attached hydrogen (secondary N) is 1. The lowest BCUT2D eigenvalue weighted by atomic mass is 10.1. The van der Waals surface area contributed by atoms with E-state index in [0.29, 0.717) is 21.5 Å². The minimum atomic E-state index is -0.0757. The Bertz CT molecular complexity index is 696. The number of amides is 1. The van der Waals surface area contributed by atoms with Gasteiger partial charge in [0, 0.05) is 11.5 Å². The lowest BCUT2D eigenvalue weighted by molar-refractivity contribution is -0.122. The Morgan fingerprint density at radius 1 is 1.09 bits per heavy atom. The highest BCUT2D eigenvalue weighted by atomic mass is 35.5. The summed E-state index contributed by atoms with van der Waals surface area (Å²) in [6.45, 7) is 0. The van der Waals surface area contributed by atoms with Crippen molar-refractivity contribution in [2.75, 3.05) is 0 Å². The maximum Gasteiger partial charge on any atom is 0.243 e. The van der Waals surface area contributed by atoms with Crippen LogP contribution in [0.1, 0.15) is 23.5 Å². The molecule has 1 fully saturated rings. The lowest BCUT2D eigenvalue weighted by Crippen LogP contribution is -2.20. The highest BCUT2D eigenvalue weighted by molar-refractivity contribution is 6.38. The van der Waals surface area contributed by atoms with E-state index in [1.165, 1.54) is 11.8 Å². The largest absolute Gasteiger partial charge is 0.273 e. The normalized spacial score (nSPS) is 20.1. The second-order valence-electron chi connectivity index (χ2n) is 5.23. The first-order chi connectivity index (χ1) is 10.7. The third kappa shape index (κ3) is 3.32. The van der Waals surface area contributed by atoms with Gasteiger partial charge in [0.1, 0.15) is 0 Å². The van der Waals surface area contributed by atoms with Crippen LogP contribution in [0, 0.1) is 5.92 Å². The van der Waals surface area contributed by atoms with Gasteiger partial charge in [-0.05, 0) is 30.0 Å². The van der Waals surface area contributed by atoms with Gasteiger partial charge in [-0.15, -0.1) is 0 Å². The molecule has 2 atom stereocenters. The molecule has 22 heavy (non-hydrogen) atoms. The van der Waals surface area contributed by atoms with E-state index < -0.39 is 0 Å². The first-order valence-corrected chi connectivity index (χ1v) is 7.74. The zero-order valence-electron chi connectivity index (χ0n) is 11.7. The Balaban J connectivity index is 1.59. The summed E-state index contributed by atoms with van der Waals surface area (Å²) in [5, 5.41) is 4.96. The summed E-state index contributed by atoms with van der Waals surface area (Å²) in [6.07, 6.45) is 2.33. The Morgan fingerprint density at radius 3 is 2.45 bits per heavy atom. The maximum atomic E-state index is 12.1. The third-order valence-electron chi connectivity index (χ3n) is 3.72. The summed E-state index contributed by atoms with van der Waals surface area (Å²) in [4.78, 5) is 12.1. The standard InChI is InChI=1S/C17H14Cl2N2O/c18-15-7-4-8-16(19)14(15)10-20-21-17(22)13-9-12(13)11-5-2-1-3-6-11/h1-8,10,12-13H,9H2,(H,21,22)/b20-10-/t12-,13+/m0/s1. The molecular formula is C17H14Cl2N2O. The van der Waals surface area contributed by atoms with Crippen molar-refractivity contribution >= 4 is 35.3 Å².